The van der Waals surface area contributed by atoms with Crippen LogP contribution in [0.25, 0.3) is 11.0 Å². The Balaban J connectivity index is 1.81. The number of halogens is 3. The van der Waals surface area contributed by atoms with Gasteiger partial charge in [-0.15, -0.1) is 0 Å². The number of nitrogens with one attached hydrogen (secondary N) is 1. The Labute approximate surface area is 118 Å². The average molecular weight is 289 g/mol. The first kappa shape index (κ1) is 13.4. The van der Waals surface area contributed by atoms with Crippen LogP contribution in [0.3, 0.4) is 0 Å². The molecule has 0 bridgehead atoms. The Morgan fingerprint density at radius 2 is 1.52 bits per heavy atom. The van der Waals surface area contributed by atoms with Crippen molar-refractivity contribution in [3.05, 3.63) is 65.7 Å². The lowest BCUT2D eigenvalue weighted by Gasteiger charge is -2.08. The Morgan fingerprint density at radius 1 is 0.810 bits per heavy atom. The molecule has 3 rings (SSSR count). The maximum atomic E-state index is 13.5. The molecule has 6 heteroatoms. The van der Waals surface area contributed by atoms with Crippen molar-refractivity contribution in [2.75, 3.05) is 5.32 Å². The van der Waals surface area contributed by atoms with Gasteiger partial charge >= 0.3 is 0 Å². The van der Waals surface area contributed by atoms with Crippen LogP contribution in [-0.2, 0) is 6.54 Å². The van der Waals surface area contributed by atoms with Crippen molar-refractivity contribution >= 4 is 16.7 Å². The van der Waals surface area contributed by atoms with Crippen molar-refractivity contribution in [3.63, 3.8) is 0 Å². The highest BCUT2D eigenvalue weighted by Gasteiger charge is 2.09. The van der Waals surface area contributed by atoms with E-state index in [2.05, 4.69) is 15.3 Å². The zero-order valence-corrected chi connectivity index (χ0v) is 10.8. The fourth-order valence-corrected chi connectivity index (χ4v) is 1.97. The van der Waals surface area contributed by atoms with Crippen LogP contribution in [0.2, 0.25) is 0 Å². The molecule has 0 saturated carbocycles. The summed E-state index contributed by atoms with van der Waals surface area (Å²) in [6, 6.07) is 6.66. The van der Waals surface area contributed by atoms with E-state index in [-0.39, 0.29) is 12.1 Å². The van der Waals surface area contributed by atoms with Gasteiger partial charge in [0.05, 0.1) is 11.0 Å². The molecule has 1 aromatic heterocycles. The topological polar surface area (TPSA) is 37.8 Å². The van der Waals surface area contributed by atoms with Gasteiger partial charge in [0.15, 0.2) is 11.6 Å². The van der Waals surface area contributed by atoms with Crippen molar-refractivity contribution in [1.82, 2.24) is 9.97 Å². The quantitative estimate of drug-likeness (QED) is 0.748. The summed E-state index contributed by atoms with van der Waals surface area (Å²) in [6.07, 6.45) is 3.16. The highest BCUT2D eigenvalue weighted by Crippen LogP contribution is 2.18. The van der Waals surface area contributed by atoms with E-state index >= 15 is 0 Å². The van der Waals surface area contributed by atoms with Crippen LogP contribution in [-0.4, -0.2) is 9.97 Å². The van der Waals surface area contributed by atoms with Crippen LogP contribution in [0, 0.1) is 17.5 Å². The van der Waals surface area contributed by atoms with Gasteiger partial charge in [-0.3, -0.25) is 9.97 Å². The standard InChI is InChI=1S/C15H10F3N3/c16-11-7-13(18)12(17)5-9(11)8-21-10-1-2-14-15(6-10)20-4-3-19-14/h1-7,21H,8H2. The van der Waals surface area contributed by atoms with Crippen LogP contribution in [0.1, 0.15) is 5.56 Å². The molecule has 1 N–H and O–H groups in total. The van der Waals surface area contributed by atoms with Gasteiger partial charge in [0.25, 0.3) is 0 Å². The summed E-state index contributed by atoms with van der Waals surface area (Å²) in [5.41, 5.74) is 2.16. The van der Waals surface area contributed by atoms with Crippen LogP contribution in [0.4, 0.5) is 18.9 Å². The largest absolute Gasteiger partial charge is 0.381 e. The lowest BCUT2D eigenvalue weighted by molar-refractivity contribution is 0.490. The SMILES string of the molecule is Fc1cc(F)c(CNc2ccc3nccnc3c2)cc1F. The zero-order valence-electron chi connectivity index (χ0n) is 10.8. The minimum Gasteiger partial charge on any atom is -0.381 e. The molecule has 0 aliphatic heterocycles. The molecule has 0 aliphatic rings. The predicted molar refractivity (Wildman–Crippen MR) is 73.2 cm³/mol. The monoisotopic (exact) mass is 289 g/mol. The number of aromatic nitrogens is 2. The fourth-order valence-electron chi connectivity index (χ4n) is 1.97. The molecular formula is C15H10F3N3. The molecule has 0 unspecified atom stereocenters. The van der Waals surface area contributed by atoms with Crippen molar-refractivity contribution in [2.24, 2.45) is 0 Å². The van der Waals surface area contributed by atoms with E-state index < -0.39 is 17.5 Å². The minimum atomic E-state index is -1.20. The van der Waals surface area contributed by atoms with Crippen LogP contribution < -0.4 is 5.32 Å². The number of nitrogens with zero attached hydrogens (tertiary/aromatic N) is 2. The molecule has 106 valence electrons. The Hall–Kier alpha value is -2.63. The van der Waals surface area contributed by atoms with Crippen LogP contribution >= 0.6 is 0 Å². The zero-order chi connectivity index (χ0) is 14.8. The molecule has 3 nitrogen and oxygen atoms in total. The second kappa shape index (κ2) is 5.40. The summed E-state index contributed by atoms with van der Waals surface area (Å²) in [4.78, 5) is 8.29. The fraction of sp³-hybridized carbons (Fsp3) is 0.0667. The number of fused-ring (bicyclic) bond motifs is 1. The Bertz CT molecular complexity index is 805. The summed E-state index contributed by atoms with van der Waals surface area (Å²) in [7, 11) is 0. The van der Waals surface area contributed by atoms with Gasteiger partial charge in [0.2, 0.25) is 0 Å². The highest BCUT2D eigenvalue weighted by atomic mass is 19.2. The van der Waals surface area contributed by atoms with E-state index in [1.165, 1.54) is 0 Å². The van der Waals surface area contributed by atoms with Crippen molar-refractivity contribution in [3.8, 4) is 0 Å². The third-order valence-corrected chi connectivity index (χ3v) is 3.04. The van der Waals surface area contributed by atoms with E-state index in [0.29, 0.717) is 17.3 Å². The summed E-state index contributed by atoms with van der Waals surface area (Å²) in [6.45, 7) is 0.0365. The van der Waals surface area contributed by atoms with E-state index in [0.717, 1.165) is 11.6 Å². The summed E-state index contributed by atoms with van der Waals surface area (Å²) in [5.74, 6) is -3.06. The van der Waals surface area contributed by atoms with Gasteiger partial charge in [0.1, 0.15) is 5.82 Å². The second-order valence-corrected chi connectivity index (χ2v) is 4.47. The molecule has 0 atom stereocenters. The lowest BCUT2D eigenvalue weighted by Crippen LogP contribution is -2.03. The van der Waals surface area contributed by atoms with E-state index in [9.17, 15) is 13.2 Å². The summed E-state index contributed by atoms with van der Waals surface area (Å²) < 4.78 is 39.5. The third kappa shape index (κ3) is 2.79. The first-order chi connectivity index (χ1) is 10.1. The molecule has 3 aromatic rings. The number of benzene rings is 2. The molecule has 0 fully saturated rings. The van der Waals surface area contributed by atoms with Crippen LogP contribution in [0.5, 0.6) is 0 Å². The Morgan fingerprint density at radius 3 is 2.33 bits per heavy atom. The van der Waals surface area contributed by atoms with Gasteiger partial charge in [0, 0.05) is 36.3 Å². The highest BCUT2D eigenvalue weighted by molar-refractivity contribution is 5.78. The van der Waals surface area contributed by atoms with Crippen LogP contribution in [0.15, 0.2) is 42.7 Å². The summed E-state index contributed by atoms with van der Waals surface area (Å²) in [5, 5.41) is 2.94. The molecule has 21 heavy (non-hydrogen) atoms. The molecule has 1 heterocycles. The predicted octanol–water partition coefficient (Wildman–Crippen LogP) is 3.66. The average Bonchev–Trinajstić information content (AvgIpc) is 2.49. The molecule has 0 aliphatic carbocycles. The smallest absolute Gasteiger partial charge is 0.161 e. The minimum absolute atomic E-state index is 0.0365. The van der Waals surface area contributed by atoms with Gasteiger partial charge in [-0.05, 0) is 24.3 Å². The van der Waals surface area contributed by atoms with Crippen molar-refractivity contribution in [1.29, 1.82) is 0 Å². The lowest BCUT2D eigenvalue weighted by atomic mass is 10.2. The van der Waals surface area contributed by atoms with Gasteiger partial charge in [-0.25, -0.2) is 13.2 Å². The van der Waals surface area contributed by atoms with E-state index in [4.69, 9.17) is 0 Å². The van der Waals surface area contributed by atoms with Gasteiger partial charge < -0.3 is 5.32 Å². The van der Waals surface area contributed by atoms with Crippen molar-refractivity contribution in [2.45, 2.75) is 6.54 Å². The molecule has 0 spiro atoms. The normalized spacial score (nSPS) is 10.8. The number of anilines is 1. The summed E-state index contributed by atoms with van der Waals surface area (Å²) >= 11 is 0. The first-order valence-electron chi connectivity index (χ1n) is 6.21. The molecule has 0 saturated heterocycles. The van der Waals surface area contributed by atoms with Crippen molar-refractivity contribution < 1.29 is 13.2 Å². The van der Waals surface area contributed by atoms with E-state index in [1.54, 1.807) is 30.6 Å². The number of rotatable bonds is 3. The second-order valence-electron chi connectivity index (χ2n) is 4.47. The first-order valence-corrected chi connectivity index (χ1v) is 6.21. The maximum absolute atomic E-state index is 13.5. The molecule has 2 aromatic carbocycles. The Kier molecular flexibility index (Phi) is 3.43. The van der Waals surface area contributed by atoms with Gasteiger partial charge in [-0.1, -0.05) is 0 Å². The number of hydrogen-bond donors (Lipinski definition) is 1. The number of hydrogen-bond acceptors (Lipinski definition) is 3. The maximum Gasteiger partial charge on any atom is 0.161 e. The molecule has 0 radical (unpaired) electrons. The molecule has 0 amide bonds. The molecular weight excluding hydrogens is 279 g/mol. The third-order valence-electron chi connectivity index (χ3n) is 3.04. The van der Waals surface area contributed by atoms with Gasteiger partial charge in [-0.2, -0.15) is 0 Å². The van der Waals surface area contributed by atoms with E-state index in [1.807, 2.05) is 0 Å².